The molecule has 0 bridgehead atoms. The van der Waals surface area contributed by atoms with Gasteiger partial charge in [0.05, 0.1) is 5.30 Å². The van der Waals surface area contributed by atoms with Crippen LogP contribution in [0.5, 0.6) is 0 Å². The summed E-state index contributed by atoms with van der Waals surface area (Å²) in [7, 11) is -3.14. The molecule has 0 saturated heterocycles. The summed E-state index contributed by atoms with van der Waals surface area (Å²) in [4.78, 5) is 0. The van der Waals surface area contributed by atoms with Gasteiger partial charge in [-0.3, -0.25) is 4.57 Å². The second-order valence-corrected chi connectivity index (χ2v) is 14.9. The van der Waals surface area contributed by atoms with Gasteiger partial charge in [0, 0.05) is 36.1 Å². The lowest BCUT2D eigenvalue weighted by atomic mass is 9.94. The van der Waals surface area contributed by atoms with Gasteiger partial charge in [-0.25, -0.2) is 0 Å². The molecule has 5 heteroatoms. The van der Waals surface area contributed by atoms with Crippen molar-refractivity contribution in [3.63, 3.8) is 0 Å². The first-order chi connectivity index (χ1) is 20.6. The van der Waals surface area contributed by atoms with Crippen molar-refractivity contribution in [1.29, 1.82) is 0 Å². The van der Waals surface area contributed by atoms with Gasteiger partial charge in [0.1, 0.15) is 0 Å². The topological polar surface area (TPSA) is 34.1 Å². The number of thiophene rings is 1. The molecule has 0 aliphatic carbocycles. The maximum Gasteiger partial charge on any atom is 0.192 e. The van der Waals surface area contributed by atoms with Crippen LogP contribution in [0.25, 0.3) is 31.3 Å². The molecule has 0 unspecified atom stereocenters. The molecule has 42 heavy (non-hydrogen) atoms. The molecule has 2 nitrogen and oxygen atoms in total. The van der Waals surface area contributed by atoms with Crippen molar-refractivity contribution in [2.45, 2.75) is 6.42 Å². The van der Waals surface area contributed by atoms with E-state index in [9.17, 15) is 4.57 Å². The highest BCUT2D eigenvalue weighted by Gasteiger charge is 2.30. The molecule has 0 saturated carbocycles. The molecule has 7 rings (SSSR count). The molecule has 7 aromatic rings. The molecular weight excluding hydrogens is 570 g/mol. The first-order valence-corrected chi connectivity index (χ1v) is 17.2. The van der Waals surface area contributed by atoms with E-state index in [2.05, 4.69) is 66.7 Å². The predicted octanol–water partition coefficient (Wildman–Crippen LogP) is 8.87. The zero-order valence-electron chi connectivity index (χ0n) is 22.7. The predicted molar refractivity (Wildman–Crippen MR) is 181 cm³/mol. The maximum absolute atomic E-state index is 15.0. The first kappa shape index (κ1) is 26.7. The van der Waals surface area contributed by atoms with E-state index in [0.717, 1.165) is 58.9 Å². The minimum Gasteiger partial charge on any atom is -0.309 e. The molecule has 0 atom stereocenters. The van der Waals surface area contributed by atoms with Gasteiger partial charge in [0.25, 0.3) is 0 Å². The highest BCUT2D eigenvalue weighted by molar-refractivity contribution is 7.85. The van der Waals surface area contributed by atoms with Crippen LogP contribution in [-0.4, -0.2) is 0 Å². The van der Waals surface area contributed by atoms with Gasteiger partial charge in [-0.05, 0) is 59.0 Å². The second kappa shape index (κ2) is 11.3. The van der Waals surface area contributed by atoms with E-state index in [4.69, 9.17) is 0 Å². The minimum absolute atomic E-state index is 0.0289. The second-order valence-electron chi connectivity index (χ2n) is 10.3. The van der Waals surface area contributed by atoms with Crippen molar-refractivity contribution < 1.29 is 9.13 Å². The molecule has 0 spiro atoms. The molecule has 0 aliphatic heterocycles. The minimum atomic E-state index is -3.11. The van der Waals surface area contributed by atoms with E-state index in [1.807, 2.05) is 78.9 Å². The van der Waals surface area contributed by atoms with E-state index in [1.54, 1.807) is 11.3 Å². The fourth-order valence-electron chi connectivity index (χ4n) is 5.76. The zero-order valence-corrected chi connectivity index (χ0v) is 25.3. The normalized spacial score (nSPS) is 11.8. The smallest absolute Gasteiger partial charge is 0.192 e. The summed E-state index contributed by atoms with van der Waals surface area (Å²) >= 11 is 1.72. The van der Waals surface area contributed by atoms with Gasteiger partial charge in [-0.15, -0.1) is 11.3 Å². The van der Waals surface area contributed by atoms with Crippen molar-refractivity contribution in [1.82, 2.24) is 0 Å². The summed E-state index contributed by atoms with van der Waals surface area (Å²) < 4.78 is 29.9. The molecular formula is C37H26O2P2S. The van der Waals surface area contributed by atoms with Crippen molar-refractivity contribution in [3.05, 3.63) is 157 Å². The van der Waals surface area contributed by atoms with Crippen LogP contribution in [0.3, 0.4) is 0 Å². The van der Waals surface area contributed by atoms with Gasteiger partial charge >= 0.3 is 0 Å². The number of benzene rings is 6. The van der Waals surface area contributed by atoms with Gasteiger partial charge in [-0.1, -0.05) is 115 Å². The Bertz CT molecular complexity index is 2060. The fourth-order valence-corrected chi connectivity index (χ4v) is 10.0. The average molecular weight is 597 g/mol. The lowest BCUT2D eigenvalue weighted by Gasteiger charge is -2.20. The van der Waals surface area contributed by atoms with Crippen molar-refractivity contribution in [2.24, 2.45) is 0 Å². The van der Waals surface area contributed by atoms with E-state index in [-0.39, 0.29) is 8.46 Å². The highest BCUT2D eigenvalue weighted by atomic mass is 32.1. The lowest BCUT2D eigenvalue weighted by Crippen LogP contribution is -2.24. The third-order valence-electron chi connectivity index (χ3n) is 7.82. The van der Waals surface area contributed by atoms with Crippen LogP contribution in [0.1, 0.15) is 11.1 Å². The third-order valence-corrected chi connectivity index (χ3v) is 12.6. The largest absolute Gasteiger partial charge is 0.309 e. The Labute approximate surface area is 250 Å². The highest BCUT2D eigenvalue weighted by Crippen LogP contribution is 2.45. The molecule has 0 N–H and O–H groups in total. The molecule has 0 fully saturated rings. The van der Waals surface area contributed by atoms with Gasteiger partial charge in [0.2, 0.25) is 0 Å². The quantitative estimate of drug-likeness (QED) is 0.172. The van der Waals surface area contributed by atoms with Crippen LogP contribution in [0, 0.1) is 0 Å². The van der Waals surface area contributed by atoms with E-state index in [0.29, 0.717) is 0 Å². The van der Waals surface area contributed by atoms with Crippen LogP contribution in [-0.2, 0) is 15.6 Å². The van der Waals surface area contributed by atoms with Crippen molar-refractivity contribution in [2.75, 3.05) is 0 Å². The number of hydrogen-bond acceptors (Lipinski definition) is 3. The van der Waals surface area contributed by atoms with E-state index >= 15 is 4.57 Å². The van der Waals surface area contributed by atoms with Crippen LogP contribution < -0.4 is 21.2 Å². The SMILES string of the molecule is O=Pc1cc2c(cc1-c1ccccc1Cc1ccccc1)sc1ccc(P(=O)(c3ccccc3)c3ccccc3)cc12. The summed E-state index contributed by atoms with van der Waals surface area (Å²) in [6.07, 6.45) is 0.800. The molecule has 0 aliphatic rings. The summed E-state index contributed by atoms with van der Waals surface area (Å²) in [5, 5.41) is 5.24. The maximum atomic E-state index is 15.0. The van der Waals surface area contributed by atoms with Gasteiger partial charge in [0.15, 0.2) is 15.6 Å². The van der Waals surface area contributed by atoms with Crippen LogP contribution in [0.4, 0.5) is 0 Å². The Morgan fingerprint density at radius 2 is 1.14 bits per heavy atom. The zero-order chi connectivity index (χ0) is 28.5. The number of hydrogen-bond donors (Lipinski definition) is 0. The molecule has 202 valence electrons. The molecule has 1 aromatic heterocycles. The summed E-state index contributed by atoms with van der Waals surface area (Å²) in [6, 6.07) is 48.7. The Morgan fingerprint density at radius 3 is 1.81 bits per heavy atom. The first-order valence-electron chi connectivity index (χ1n) is 13.8. The Morgan fingerprint density at radius 1 is 0.548 bits per heavy atom. The Hall–Kier alpha value is -4.13. The molecule has 0 amide bonds. The Balaban J connectivity index is 1.40. The molecule has 0 radical (unpaired) electrons. The average Bonchev–Trinajstić information content (AvgIpc) is 3.42. The monoisotopic (exact) mass is 596 g/mol. The van der Waals surface area contributed by atoms with E-state index < -0.39 is 7.14 Å². The van der Waals surface area contributed by atoms with Gasteiger partial charge in [-0.2, -0.15) is 0 Å². The van der Waals surface area contributed by atoms with Crippen molar-refractivity contribution >= 4 is 68.3 Å². The van der Waals surface area contributed by atoms with E-state index in [1.165, 1.54) is 11.1 Å². The van der Waals surface area contributed by atoms with Crippen LogP contribution in [0.2, 0.25) is 0 Å². The summed E-state index contributed by atoms with van der Waals surface area (Å²) in [5.41, 5.74) is 4.51. The fraction of sp³-hybridized carbons (Fsp3) is 0.0270. The molecule has 1 heterocycles. The lowest BCUT2D eigenvalue weighted by molar-refractivity contribution is 0.592. The molecule has 6 aromatic carbocycles. The number of rotatable bonds is 7. The summed E-state index contributed by atoms with van der Waals surface area (Å²) in [5.74, 6) is 0. The third kappa shape index (κ3) is 4.75. The van der Waals surface area contributed by atoms with Crippen LogP contribution >= 0.6 is 26.9 Å². The Kier molecular flexibility index (Phi) is 7.18. The van der Waals surface area contributed by atoms with Crippen molar-refractivity contribution in [3.8, 4) is 11.1 Å². The standard InChI is InChI=1S/C37H26O2P2S/c38-40-35-24-34-33-23-30(41(39,28-15-6-2-7-16-28)29-17-8-3-9-18-29)20-21-36(33)42-37(34)25-32(35)31-19-11-10-14-27(31)22-26-12-4-1-5-13-26/h1-21,23-25H,22H2. The number of fused-ring (bicyclic) bond motifs is 3. The van der Waals surface area contributed by atoms with Crippen LogP contribution in [0.15, 0.2) is 146 Å². The summed E-state index contributed by atoms with van der Waals surface area (Å²) in [6.45, 7) is 0. The van der Waals surface area contributed by atoms with Gasteiger partial charge < -0.3 is 4.57 Å².